The highest BCUT2D eigenvalue weighted by Gasteiger charge is 2.34. The Morgan fingerprint density at radius 3 is 2.93 bits per heavy atom. The fourth-order valence-corrected chi connectivity index (χ4v) is 5.36. The fraction of sp³-hybridized carbons (Fsp3) is 0.368. The van der Waals surface area contributed by atoms with Crippen LogP contribution in [0.25, 0.3) is 0 Å². The number of nitrogens with zero attached hydrogens (tertiary/aromatic N) is 1. The molecule has 28 heavy (non-hydrogen) atoms. The largest absolute Gasteiger partial charge is 0.496 e. The highest BCUT2D eigenvalue weighted by molar-refractivity contribution is 9.10. The number of hydrogen-bond acceptors (Lipinski definition) is 6. The minimum Gasteiger partial charge on any atom is -0.496 e. The number of benzene rings is 1. The van der Waals surface area contributed by atoms with Gasteiger partial charge in [-0.15, -0.1) is 11.3 Å². The first-order valence-corrected chi connectivity index (χ1v) is 10.6. The number of anilines is 1. The number of amides is 2. The molecule has 3 heterocycles. The molecule has 1 aromatic heterocycles. The topological polar surface area (TPSA) is 79.9 Å². The van der Waals surface area contributed by atoms with Crippen LogP contribution < -0.4 is 15.4 Å². The van der Waals surface area contributed by atoms with Gasteiger partial charge in [0.2, 0.25) is 0 Å². The van der Waals surface area contributed by atoms with Crippen LogP contribution in [-0.2, 0) is 17.7 Å². The van der Waals surface area contributed by atoms with E-state index in [1.807, 2.05) is 18.2 Å². The van der Waals surface area contributed by atoms with Crippen LogP contribution in [0.5, 0.6) is 5.75 Å². The number of methoxy groups -OCH3 is 1. The SMILES string of the molecule is CCOC(=O)N1CCc2c(sc3c2C(=O)NC(c2ccc(OC)c(Br)c2)N3)C1. The van der Waals surface area contributed by atoms with E-state index in [-0.39, 0.29) is 18.2 Å². The number of carbonyl (C=O) groups is 2. The van der Waals surface area contributed by atoms with E-state index in [0.29, 0.717) is 31.7 Å². The van der Waals surface area contributed by atoms with Crippen LogP contribution in [0.1, 0.15) is 39.5 Å². The molecule has 4 rings (SSSR count). The lowest BCUT2D eigenvalue weighted by atomic mass is 10.0. The van der Waals surface area contributed by atoms with E-state index in [9.17, 15) is 9.59 Å². The highest BCUT2D eigenvalue weighted by atomic mass is 79.9. The summed E-state index contributed by atoms with van der Waals surface area (Å²) in [5.41, 5.74) is 2.65. The summed E-state index contributed by atoms with van der Waals surface area (Å²) < 4.78 is 11.2. The standard InChI is InChI=1S/C19H20BrN3O4S/c1-3-27-19(25)23-7-6-11-14(9-23)28-18-15(11)17(24)21-16(22-18)10-4-5-13(26-2)12(20)8-10/h4-5,8,16,22H,3,6-7,9H2,1-2H3,(H,21,24). The van der Waals surface area contributed by atoms with Gasteiger partial charge in [-0.25, -0.2) is 4.79 Å². The average Bonchev–Trinajstić information content (AvgIpc) is 3.06. The number of halogens is 1. The van der Waals surface area contributed by atoms with Gasteiger partial charge < -0.3 is 25.0 Å². The van der Waals surface area contributed by atoms with Crippen LogP contribution in [0.3, 0.4) is 0 Å². The summed E-state index contributed by atoms with van der Waals surface area (Å²) in [6, 6.07) is 5.71. The van der Waals surface area contributed by atoms with Crippen LogP contribution >= 0.6 is 27.3 Å². The Bertz CT molecular complexity index is 946. The van der Waals surface area contributed by atoms with E-state index in [0.717, 1.165) is 31.2 Å². The van der Waals surface area contributed by atoms with E-state index < -0.39 is 0 Å². The molecule has 148 valence electrons. The fourth-order valence-electron chi connectivity index (χ4n) is 3.52. The first-order valence-electron chi connectivity index (χ1n) is 8.98. The zero-order valence-electron chi connectivity index (χ0n) is 15.5. The third-order valence-electron chi connectivity index (χ3n) is 4.87. The van der Waals surface area contributed by atoms with Gasteiger partial charge in [0, 0.05) is 11.4 Å². The molecule has 2 aliphatic heterocycles. The molecule has 1 atom stereocenters. The predicted octanol–water partition coefficient (Wildman–Crippen LogP) is 3.89. The first kappa shape index (κ1) is 19.1. The number of fused-ring (bicyclic) bond motifs is 3. The van der Waals surface area contributed by atoms with Gasteiger partial charge in [0.05, 0.1) is 30.3 Å². The number of carbonyl (C=O) groups excluding carboxylic acids is 2. The van der Waals surface area contributed by atoms with Gasteiger partial charge in [-0.2, -0.15) is 0 Å². The minimum atomic E-state index is -0.330. The van der Waals surface area contributed by atoms with Crippen molar-refractivity contribution in [2.45, 2.75) is 26.1 Å². The van der Waals surface area contributed by atoms with E-state index in [4.69, 9.17) is 9.47 Å². The molecule has 0 spiro atoms. The minimum absolute atomic E-state index is 0.0900. The monoisotopic (exact) mass is 465 g/mol. The molecule has 0 fully saturated rings. The summed E-state index contributed by atoms with van der Waals surface area (Å²) in [5.74, 6) is 0.644. The van der Waals surface area contributed by atoms with Gasteiger partial charge in [-0.1, -0.05) is 6.07 Å². The van der Waals surface area contributed by atoms with Crippen LogP contribution in [0, 0.1) is 0 Å². The molecule has 0 aliphatic carbocycles. The quantitative estimate of drug-likeness (QED) is 0.718. The number of hydrogen-bond donors (Lipinski definition) is 2. The molecule has 7 nitrogen and oxygen atoms in total. The second-order valence-electron chi connectivity index (χ2n) is 6.52. The molecule has 0 bridgehead atoms. The van der Waals surface area contributed by atoms with Crippen molar-refractivity contribution < 1.29 is 19.1 Å². The molecule has 2 aromatic rings. The molecular formula is C19H20BrN3O4S. The van der Waals surface area contributed by atoms with Crippen molar-refractivity contribution in [1.82, 2.24) is 10.2 Å². The second kappa shape index (κ2) is 7.63. The van der Waals surface area contributed by atoms with Crippen LogP contribution in [0.4, 0.5) is 9.80 Å². The first-order chi connectivity index (χ1) is 13.5. The zero-order valence-corrected chi connectivity index (χ0v) is 17.9. The molecule has 9 heteroatoms. The Balaban J connectivity index is 1.59. The predicted molar refractivity (Wildman–Crippen MR) is 110 cm³/mol. The van der Waals surface area contributed by atoms with Crippen molar-refractivity contribution >= 4 is 44.3 Å². The highest BCUT2D eigenvalue weighted by Crippen LogP contribution is 2.41. The van der Waals surface area contributed by atoms with Crippen LogP contribution in [0.15, 0.2) is 22.7 Å². The lowest BCUT2D eigenvalue weighted by Gasteiger charge is -2.28. The summed E-state index contributed by atoms with van der Waals surface area (Å²) in [5, 5.41) is 7.30. The number of rotatable bonds is 3. The van der Waals surface area contributed by atoms with Gasteiger partial charge in [-0.3, -0.25) is 4.79 Å². The third-order valence-corrected chi connectivity index (χ3v) is 6.64. The van der Waals surface area contributed by atoms with Crippen molar-refractivity contribution in [3.63, 3.8) is 0 Å². The lowest BCUT2D eigenvalue weighted by molar-refractivity contribution is 0.0934. The van der Waals surface area contributed by atoms with E-state index in [2.05, 4.69) is 26.6 Å². The van der Waals surface area contributed by atoms with Crippen molar-refractivity contribution in [1.29, 1.82) is 0 Å². The van der Waals surface area contributed by atoms with Crippen LogP contribution in [0.2, 0.25) is 0 Å². The summed E-state index contributed by atoms with van der Waals surface area (Å²) in [6.45, 7) is 3.17. The Hall–Kier alpha value is -2.26. The van der Waals surface area contributed by atoms with Gasteiger partial charge in [0.25, 0.3) is 5.91 Å². The molecular weight excluding hydrogens is 446 g/mol. The van der Waals surface area contributed by atoms with Crippen molar-refractivity contribution in [3.8, 4) is 5.75 Å². The molecule has 2 N–H and O–H groups in total. The molecule has 1 aromatic carbocycles. The Kier molecular flexibility index (Phi) is 5.20. The second-order valence-corrected chi connectivity index (χ2v) is 8.48. The zero-order chi connectivity index (χ0) is 19.8. The molecule has 0 saturated heterocycles. The molecule has 0 radical (unpaired) electrons. The average molecular weight is 466 g/mol. The third kappa shape index (κ3) is 3.33. The Morgan fingerprint density at radius 2 is 2.21 bits per heavy atom. The van der Waals surface area contributed by atoms with Crippen molar-refractivity contribution in [2.24, 2.45) is 0 Å². The van der Waals surface area contributed by atoms with Gasteiger partial charge in [-0.05, 0) is 52.5 Å². The Labute approximate surface area is 175 Å². The van der Waals surface area contributed by atoms with E-state index >= 15 is 0 Å². The van der Waals surface area contributed by atoms with Gasteiger partial charge in [0.1, 0.15) is 16.9 Å². The van der Waals surface area contributed by atoms with E-state index in [1.165, 1.54) is 11.3 Å². The summed E-state index contributed by atoms with van der Waals surface area (Å²) >= 11 is 5.02. The van der Waals surface area contributed by atoms with Gasteiger partial charge >= 0.3 is 6.09 Å². The normalized spacial score (nSPS) is 17.9. The molecule has 2 amide bonds. The summed E-state index contributed by atoms with van der Waals surface area (Å²) in [4.78, 5) is 27.6. The number of ether oxygens (including phenoxy) is 2. The smallest absolute Gasteiger partial charge is 0.410 e. The van der Waals surface area contributed by atoms with E-state index in [1.54, 1.807) is 18.9 Å². The maximum absolute atomic E-state index is 12.8. The van der Waals surface area contributed by atoms with Crippen LogP contribution in [-0.4, -0.2) is 37.2 Å². The van der Waals surface area contributed by atoms with Gasteiger partial charge in [0.15, 0.2) is 0 Å². The number of nitrogens with one attached hydrogen (secondary N) is 2. The summed E-state index contributed by atoms with van der Waals surface area (Å²) in [6.07, 6.45) is 0.00903. The molecule has 2 aliphatic rings. The van der Waals surface area contributed by atoms with Crippen molar-refractivity contribution in [3.05, 3.63) is 44.2 Å². The lowest BCUT2D eigenvalue weighted by Crippen LogP contribution is -2.39. The van der Waals surface area contributed by atoms with Crippen molar-refractivity contribution in [2.75, 3.05) is 25.6 Å². The molecule has 0 saturated carbocycles. The maximum atomic E-state index is 12.8. The number of thiophene rings is 1. The Morgan fingerprint density at radius 1 is 1.39 bits per heavy atom. The maximum Gasteiger partial charge on any atom is 0.410 e. The molecule has 1 unspecified atom stereocenters. The summed E-state index contributed by atoms with van der Waals surface area (Å²) in [7, 11) is 1.61.